The number of halogens is 3. The first-order valence-corrected chi connectivity index (χ1v) is 8.65. The van der Waals surface area contributed by atoms with Gasteiger partial charge in [0.1, 0.15) is 0 Å². The zero-order chi connectivity index (χ0) is 17.4. The van der Waals surface area contributed by atoms with E-state index in [1.54, 1.807) is 19.9 Å². The highest BCUT2D eigenvalue weighted by molar-refractivity contribution is 7.92. The molecule has 1 aromatic rings. The molecule has 0 heterocycles. The molecule has 0 aromatic heterocycles. The molecule has 0 N–H and O–H groups in total. The quantitative estimate of drug-likeness (QED) is 0.784. The van der Waals surface area contributed by atoms with E-state index in [1.807, 2.05) is 0 Å². The average Bonchev–Trinajstić information content (AvgIpc) is 2.48. The second-order valence-electron chi connectivity index (χ2n) is 5.83. The van der Waals surface area contributed by atoms with Gasteiger partial charge in [0.2, 0.25) is 5.78 Å². The first-order valence-electron chi connectivity index (χ1n) is 7.10. The van der Waals surface area contributed by atoms with Gasteiger partial charge in [-0.15, -0.1) is 0 Å². The topological polar surface area (TPSA) is 51.2 Å². The number of sulfone groups is 1. The molecule has 0 saturated carbocycles. The van der Waals surface area contributed by atoms with Crippen molar-refractivity contribution < 1.29 is 26.4 Å². The number of ketones is 1. The molecule has 3 nitrogen and oxygen atoms in total. The van der Waals surface area contributed by atoms with Crippen LogP contribution in [-0.4, -0.2) is 25.6 Å². The number of alkyl halides is 3. The van der Waals surface area contributed by atoms with E-state index in [0.29, 0.717) is 5.57 Å². The minimum atomic E-state index is -5.04. The van der Waals surface area contributed by atoms with E-state index >= 15 is 0 Å². The number of hydrogen-bond donors (Lipinski definition) is 0. The molecule has 0 unspecified atom stereocenters. The van der Waals surface area contributed by atoms with E-state index in [-0.39, 0.29) is 17.7 Å². The minimum Gasteiger partial charge on any atom is -0.289 e. The van der Waals surface area contributed by atoms with E-state index in [2.05, 4.69) is 0 Å². The Balaban J connectivity index is 2.51. The number of Topliss-reactive ketones (excluding diaryl/α,β-unsaturated/α-hetero) is 1. The maximum atomic E-state index is 12.9. The molecule has 2 atom stereocenters. The molecule has 126 valence electrons. The molecular weight excluding hydrogens is 329 g/mol. The van der Waals surface area contributed by atoms with Gasteiger partial charge in [-0.2, -0.15) is 13.2 Å². The van der Waals surface area contributed by atoms with Gasteiger partial charge in [0.05, 0.1) is 10.1 Å². The first-order chi connectivity index (χ1) is 10.5. The fourth-order valence-electron chi connectivity index (χ4n) is 2.84. The minimum absolute atomic E-state index is 0.0580. The van der Waals surface area contributed by atoms with Crippen LogP contribution in [0.4, 0.5) is 13.2 Å². The van der Waals surface area contributed by atoms with Crippen molar-refractivity contribution in [1.82, 2.24) is 0 Å². The largest absolute Gasteiger partial charge is 0.450 e. The van der Waals surface area contributed by atoms with Crippen LogP contribution in [0, 0.1) is 5.92 Å². The molecule has 0 saturated heterocycles. The number of carbonyl (C=O) groups excluding carboxylic acids is 1. The number of rotatable bonds is 3. The fraction of sp³-hybridized carbons (Fsp3) is 0.438. The van der Waals surface area contributed by atoms with Crippen molar-refractivity contribution in [2.45, 2.75) is 43.0 Å². The highest BCUT2D eigenvalue weighted by atomic mass is 32.2. The van der Waals surface area contributed by atoms with Gasteiger partial charge in [-0.05, 0) is 38.8 Å². The molecule has 1 aliphatic rings. The third kappa shape index (κ3) is 3.49. The van der Waals surface area contributed by atoms with Crippen LogP contribution in [0.3, 0.4) is 0 Å². The summed E-state index contributed by atoms with van der Waals surface area (Å²) < 4.78 is 64.1. The second kappa shape index (κ2) is 6.11. The van der Waals surface area contributed by atoms with E-state index < -0.39 is 33.0 Å². The van der Waals surface area contributed by atoms with Gasteiger partial charge in [-0.3, -0.25) is 4.79 Å². The summed E-state index contributed by atoms with van der Waals surface area (Å²) in [5, 5.41) is -1.39. The van der Waals surface area contributed by atoms with Crippen LogP contribution in [-0.2, 0) is 14.6 Å². The molecule has 23 heavy (non-hydrogen) atoms. The SMILES string of the molecule is CC1=C(C)C[C@H](S(=O)(=O)c2ccccc2)[C@@H](C(=O)C(F)(F)F)C1. The molecule has 2 rings (SSSR count). The Morgan fingerprint density at radius 2 is 1.57 bits per heavy atom. The normalized spacial score (nSPS) is 23.0. The Bertz CT molecular complexity index is 734. The van der Waals surface area contributed by atoms with Crippen LogP contribution < -0.4 is 0 Å². The van der Waals surface area contributed by atoms with E-state index in [4.69, 9.17) is 0 Å². The molecule has 0 radical (unpaired) electrons. The van der Waals surface area contributed by atoms with Crippen molar-refractivity contribution in [2.24, 2.45) is 5.92 Å². The van der Waals surface area contributed by atoms with E-state index in [9.17, 15) is 26.4 Å². The van der Waals surface area contributed by atoms with Crippen molar-refractivity contribution in [3.05, 3.63) is 41.5 Å². The van der Waals surface area contributed by atoms with Crippen molar-refractivity contribution in [3.8, 4) is 0 Å². The lowest BCUT2D eigenvalue weighted by atomic mass is 9.82. The van der Waals surface area contributed by atoms with Crippen molar-refractivity contribution in [2.75, 3.05) is 0 Å². The average molecular weight is 346 g/mol. The van der Waals surface area contributed by atoms with Crippen LogP contribution in [0.25, 0.3) is 0 Å². The third-order valence-corrected chi connectivity index (χ3v) is 6.52. The number of carbonyl (C=O) groups is 1. The molecular formula is C16H17F3O3S. The Labute approximate surface area is 133 Å². The number of allylic oxidation sites excluding steroid dienone is 2. The standard InChI is InChI=1S/C16H17F3O3S/c1-10-8-13(15(20)16(17,18)19)14(9-11(10)2)23(21,22)12-6-4-3-5-7-12/h3-7,13-14H,8-9H2,1-2H3/t13-,14-/m0/s1. The smallest absolute Gasteiger partial charge is 0.289 e. The van der Waals surface area contributed by atoms with Gasteiger partial charge in [-0.25, -0.2) is 8.42 Å². The molecule has 0 amide bonds. The molecule has 1 aliphatic carbocycles. The van der Waals surface area contributed by atoms with Gasteiger partial charge in [0.25, 0.3) is 0 Å². The summed E-state index contributed by atoms with van der Waals surface area (Å²) in [4.78, 5) is 11.7. The zero-order valence-corrected chi connectivity index (χ0v) is 13.5. The van der Waals surface area contributed by atoms with Crippen LogP contribution in [0.2, 0.25) is 0 Å². The predicted molar refractivity (Wildman–Crippen MR) is 79.6 cm³/mol. The maximum Gasteiger partial charge on any atom is 0.450 e. The van der Waals surface area contributed by atoms with Crippen LogP contribution in [0.15, 0.2) is 46.4 Å². The second-order valence-corrected chi connectivity index (χ2v) is 8.00. The van der Waals surface area contributed by atoms with Gasteiger partial charge < -0.3 is 0 Å². The van der Waals surface area contributed by atoms with Crippen molar-refractivity contribution in [3.63, 3.8) is 0 Å². The third-order valence-electron chi connectivity index (χ3n) is 4.30. The molecule has 0 fully saturated rings. The van der Waals surface area contributed by atoms with Gasteiger partial charge in [0, 0.05) is 5.92 Å². The number of benzene rings is 1. The van der Waals surface area contributed by atoms with Crippen molar-refractivity contribution >= 4 is 15.6 Å². The molecule has 1 aromatic carbocycles. The highest BCUT2D eigenvalue weighted by Gasteiger charge is 2.50. The zero-order valence-electron chi connectivity index (χ0n) is 12.7. The van der Waals surface area contributed by atoms with Gasteiger partial charge >= 0.3 is 6.18 Å². The molecule has 0 aliphatic heterocycles. The number of hydrogen-bond acceptors (Lipinski definition) is 3. The summed E-state index contributed by atoms with van der Waals surface area (Å²) in [6.07, 6.45) is -5.28. The summed E-state index contributed by atoms with van der Waals surface area (Å²) in [5.41, 5.74) is 1.37. The lowest BCUT2D eigenvalue weighted by Gasteiger charge is -2.32. The summed E-state index contributed by atoms with van der Waals surface area (Å²) in [6, 6.07) is 7.30. The first kappa shape index (κ1) is 17.7. The molecule has 0 bridgehead atoms. The van der Waals surface area contributed by atoms with E-state index in [1.165, 1.54) is 24.3 Å². The highest BCUT2D eigenvalue weighted by Crippen LogP contribution is 2.39. The van der Waals surface area contributed by atoms with Crippen LogP contribution >= 0.6 is 0 Å². The summed E-state index contributed by atoms with van der Waals surface area (Å²) in [5.74, 6) is -3.56. The van der Waals surface area contributed by atoms with E-state index in [0.717, 1.165) is 5.57 Å². The van der Waals surface area contributed by atoms with Gasteiger partial charge in [-0.1, -0.05) is 29.3 Å². The summed E-state index contributed by atoms with van der Waals surface area (Å²) in [6.45, 7) is 3.33. The lowest BCUT2D eigenvalue weighted by Crippen LogP contribution is -2.43. The Morgan fingerprint density at radius 3 is 2.09 bits per heavy atom. The predicted octanol–water partition coefficient (Wildman–Crippen LogP) is 3.71. The summed E-state index contributed by atoms with van der Waals surface area (Å²) >= 11 is 0. The van der Waals surface area contributed by atoms with Gasteiger partial charge in [0.15, 0.2) is 9.84 Å². The Morgan fingerprint density at radius 1 is 1.04 bits per heavy atom. The fourth-order valence-corrected chi connectivity index (χ4v) is 4.84. The van der Waals surface area contributed by atoms with Crippen molar-refractivity contribution in [1.29, 1.82) is 0 Å². The molecule has 7 heteroatoms. The summed E-state index contributed by atoms with van der Waals surface area (Å²) in [7, 11) is -4.03. The Hall–Kier alpha value is -1.63. The van der Waals surface area contributed by atoms with Crippen LogP contribution in [0.1, 0.15) is 26.7 Å². The Kier molecular flexibility index (Phi) is 4.71. The monoisotopic (exact) mass is 346 g/mol. The molecule has 0 spiro atoms. The lowest BCUT2D eigenvalue weighted by molar-refractivity contribution is -0.175. The maximum absolute atomic E-state index is 12.9. The van der Waals surface area contributed by atoms with Crippen LogP contribution in [0.5, 0.6) is 0 Å².